The summed E-state index contributed by atoms with van der Waals surface area (Å²) in [4.78, 5) is 0. The molecule has 0 heterocycles. The SMILES string of the molecule is N#C[SiH3].[Cr]. The van der Waals surface area contributed by atoms with E-state index in [1.54, 1.807) is 0 Å². The Hall–Kier alpha value is 0.239. The Kier molecular flexibility index (Phi) is 23.5. The van der Waals surface area contributed by atoms with Crippen LogP contribution >= 0.6 is 0 Å². The van der Waals surface area contributed by atoms with Gasteiger partial charge in [-0.1, -0.05) is 0 Å². The molecule has 3 heteroatoms. The van der Waals surface area contributed by atoms with Gasteiger partial charge in [0.05, 0.1) is 0 Å². The molecule has 0 amide bonds. The van der Waals surface area contributed by atoms with Crippen LogP contribution in [0.25, 0.3) is 0 Å². The maximum absolute atomic E-state index is 7.38. The zero-order chi connectivity index (χ0) is 2.71. The summed E-state index contributed by atoms with van der Waals surface area (Å²) in [7, 11) is 0.674. The van der Waals surface area contributed by atoms with Crippen molar-refractivity contribution in [2.24, 2.45) is 0 Å². The predicted molar refractivity (Wildman–Crippen MR) is 15.6 cm³/mol. The first-order chi connectivity index (χ1) is 1.41. The molecule has 22 valence electrons. The molecule has 0 aliphatic carbocycles. The van der Waals surface area contributed by atoms with Crippen LogP contribution in [0.5, 0.6) is 0 Å². The Morgan fingerprint density at radius 1 is 1.75 bits per heavy atom. The van der Waals surface area contributed by atoms with Crippen molar-refractivity contribution in [2.75, 3.05) is 0 Å². The van der Waals surface area contributed by atoms with Gasteiger partial charge in [0, 0.05) is 23.1 Å². The largest absolute Gasteiger partial charge is 0.208 e. The van der Waals surface area contributed by atoms with Crippen LogP contribution < -0.4 is 0 Å². The van der Waals surface area contributed by atoms with Gasteiger partial charge < -0.3 is 0 Å². The molecule has 0 aromatic carbocycles. The molecular weight excluding hydrogens is 106 g/mol. The summed E-state index contributed by atoms with van der Waals surface area (Å²) in [6, 6.07) is 0. The number of hydrogen-bond acceptors (Lipinski definition) is 1. The maximum atomic E-state index is 7.38. The van der Waals surface area contributed by atoms with E-state index >= 15 is 0 Å². The van der Waals surface area contributed by atoms with Gasteiger partial charge in [0.2, 0.25) is 0 Å². The molecule has 0 fully saturated rings. The van der Waals surface area contributed by atoms with Crippen LogP contribution in [0.3, 0.4) is 0 Å². The second kappa shape index (κ2) is 10.6. The monoisotopic (exact) mass is 109 g/mol. The molecule has 0 aliphatic heterocycles. The molecule has 1 nitrogen and oxygen atoms in total. The molecule has 0 bridgehead atoms. The fourth-order valence-electron chi connectivity index (χ4n) is 0. The van der Waals surface area contributed by atoms with Crippen LogP contribution in [0.1, 0.15) is 0 Å². The van der Waals surface area contributed by atoms with E-state index in [-0.39, 0.29) is 17.4 Å². The Morgan fingerprint density at radius 2 is 1.75 bits per heavy atom. The molecule has 0 saturated carbocycles. The quantitative estimate of drug-likeness (QED) is 0.360. The van der Waals surface area contributed by atoms with Crippen LogP contribution in [-0.2, 0) is 17.4 Å². The zero-order valence-electron chi connectivity index (χ0n) is 2.36. The standard InChI is InChI=1S/CH3NSi.Cr/c2-1-3;/h3H3;. The molecule has 0 spiro atoms. The number of hydrogen-bond donors (Lipinski definition) is 0. The van der Waals surface area contributed by atoms with Gasteiger partial charge in [0.15, 0.2) is 0 Å². The van der Waals surface area contributed by atoms with Gasteiger partial charge in [-0.3, -0.25) is 0 Å². The van der Waals surface area contributed by atoms with Crippen molar-refractivity contribution < 1.29 is 17.4 Å². The zero-order valence-corrected chi connectivity index (χ0v) is 5.63. The molecule has 0 saturated heterocycles. The minimum absolute atomic E-state index is 0. The minimum atomic E-state index is 0. The minimum Gasteiger partial charge on any atom is -0.208 e. The molecule has 0 N–H and O–H groups in total. The number of rotatable bonds is 0. The second-order valence-electron chi connectivity index (χ2n) is 0.224. The summed E-state index contributed by atoms with van der Waals surface area (Å²) in [5.41, 5.74) is 1.89. The smallest absolute Gasteiger partial charge is 0.126 e. The van der Waals surface area contributed by atoms with Gasteiger partial charge in [0.25, 0.3) is 0 Å². The van der Waals surface area contributed by atoms with Gasteiger partial charge in [-0.2, -0.15) is 0 Å². The number of nitrogens with zero attached hydrogens (tertiary/aromatic N) is 1. The van der Waals surface area contributed by atoms with Gasteiger partial charge >= 0.3 is 0 Å². The Labute approximate surface area is 39.2 Å². The fourth-order valence-corrected chi connectivity index (χ4v) is 0. The topological polar surface area (TPSA) is 23.8 Å². The first-order valence-corrected chi connectivity index (χ1v) is 1.72. The Balaban J connectivity index is 0. The van der Waals surface area contributed by atoms with Crippen LogP contribution in [0.4, 0.5) is 0 Å². The van der Waals surface area contributed by atoms with Crippen molar-refractivity contribution in [1.29, 1.82) is 5.26 Å². The van der Waals surface area contributed by atoms with E-state index in [4.69, 9.17) is 5.26 Å². The van der Waals surface area contributed by atoms with E-state index in [1.165, 1.54) is 0 Å². The average Bonchev–Trinajstić information content (AvgIpc) is 0.918. The maximum Gasteiger partial charge on any atom is 0.126 e. The van der Waals surface area contributed by atoms with Crippen LogP contribution in [0.15, 0.2) is 0 Å². The number of nitriles is 1. The summed E-state index contributed by atoms with van der Waals surface area (Å²) >= 11 is 0. The first-order valence-electron chi connectivity index (χ1n) is 0.724. The third-order valence-electron chi connectivity index (χ3n) is 0. The third-order valence-corrected chi connectivity index (χ3v) is 0. The van der Waals surface area contributed by atoms with Crippen molar-refractivity contribution in [3.8, 4) is 5.69 Å². The molecule has 4 heavy (non-hydrogen) atoms. The van der Waals surface area contributed by atoms with E-state index in [0.29, 0.717) is 10.2 Å². The van der Waals surface area contributed by atoms with Crippen molar-refractivity contribution >= 4 is 10.2 Å². The summed E-state index contributed by atoms with van der Waals surface area (Å²) in [5.74, 6) is 0. The summed E-state index contributed by atoms with van der Waals surface area (Å²) in [6.45, 7) is 0. The van der Waals surface area contributed by atoms with Crippen molar-refractivity contribution in [3.05, 3.63) is 0 Å². The van der Waals surface area contributed by atoms with E-state index in [0.717, 1.165) is 0 Å². The van der Waals surface area contributed by atoms with Crippen molar-refractivity contribution in [3.63, 3.8) is 0 Å². The normalized spacial score (nSPS) is 2.75. The van der Waals surface area contributed by atoms with Crippen LogP contribution in [0.2, 0.25) is 0 Å². The van der Waals surface area contributed by atoms with Gasteiger partial charge in [-0.25, -0.2) is 5.26 Å². The van der Waals surface area contributed by atoms with Crippen LogP contribution in [-0.4, -0.2) is 10.2 Å². The summed E-state index contributed by atoms with van der Waals surface area (Å²) < 4.78 is 0. The van der Waals surface area contributed by atoms with Crippen molar-refractivity contribution in [1.82, 2.24) is 0 Å². The summed E-state index contributed by atoms with van der Waals surface area (Å²) in [5, 5.41) is 7.38. The molecule has 0 unspecified atom stereocenters. The average molecular weight is 109 g/mol. The van der Waals surface area contributed by atoms with Gasteiger partial charge in [-0.05, 0) is 0 Å². The molecule has 0 radical (unpaired) electrons. The molecule has 0 atom stereocenters. The van der Waals surface area contributed by atoms with Gasteiger partial charge in [-0.15, -0.1) is 0 Å². The summed E-state index contributed by atoms with van der Waals surface area (Å²) in [6.07, 6.45) is 0. The van der Waals surface area contributed by atoms with Gasteiger partial charge in [0.1, 0.15) is 10.2 Å². The fraction of sp³-hybridized carbons (Fsp3) is 0. The van der Waals surface area contributed by atoms with E-state index < -0.39 is 0 Å². The third kappa shape index (κ3) is 60.0. The second-order valence-corrected chi connectivity index (χ2v) is 0.671. The molecule has 0 aliphatic rings. The van der Waals surface area contributed by atoms with E-state index in [1.807, 2.05) is 5.69 Å². The van der Waals surface area contributed by atoms with E-state index in [9.17, 15) is 0 Å². The molecular formula is CH3CrNSi. The molecule has 0 aromatic rings. The van der Waals surface area contributed by atoms with E-state index in [2.05, 4.69) is 0 Å². The Bertz CT molecular complexity index is 29.5. The van der Waals surface area contributed by atoms with Crippen molar-refractivity contribution in [2.45, 2.75) is 0 Å². The predicted octanol–water partition coefficient (Wildman–Crippen LogP) is -1.17. The van der Waals surface area contributed by atoms with Crippen LogP contribution in [0, 0.1) is 11.0 Å². The first kappa shape index (κ1) is 8.87. The Morgan fingerprint density at radius 3 is 1.75 bits per heavy atom. The molecule has 0 rings (SSSR count). The molecule has 0 aromatic heterocycles.